The van der Waals surface area contributed by atoms with Crippen LogP contribution in [0.25, 0.3) is 201 Å². The van der Waals surface area contributed by atoms with Crippen molar-refractivity contribution < 1.29 is 13.9 Å². The molecular weight excluding hydrogens is 1740 g/mol. The lowest BCUT2D eigenvalue weighted by molar-refractivity contribution is 0.482. The number of hydrogen-bond acceptors (Lipinski definition) is 6. The summed E-state index contributed by atoms with van der Waals surface area (Å²) in [5.74, 6) is 6.29. The number of para-hydroxylation sites is 5. The highest BCUT2D eigenvalue weighted by molar-refractivity contribution is 9.10. The molecule has 24 aromatic rings. The second kappa shape index (κ2) is 38.2. The first-order valence-corrected chi connectivity index (χ1v) is 46.0. The summed E-state index contributed by atoms with van der Waals surface area (Å²) < 4.78 is 26.4. The third kappa shape index (κ3) is 18.2. The summed E-state index contributed by atoms with van der Waals surface area (Å²) in [5, 5.41) is 4.55. The molecule has 8 heterocycles. The molecule has 136 heavy (non-hydrogen) atoms. The average Bonchev–Trinajstić information content (AvgIpc) is 1.61. The van der Waals surface area contributed by atoms with Crippen LogP contribution in [-0.4, -0.2) is 59.8 Å². The highest BCUT2D eigenvalue weighted by atomic mass is 79.9. The summed E-state index contributed by atoms with van der Waals surface area (Å²) >= 11 is 3.60. The fraction of sp³-hybridized carbons (Fsp3) is 0.0333. The minimum Gasteiger partial charge on any atom is -0.457 e. The van der Waals surface area contributed by atoms with Gasteiger partial charge in [-0.1, -0.05) is 306 Å². The predicted octanol–water partition coefficient (Wildman–Crippen LogP) is 32.6. The van der Waals surface area contributed by atoms with Gasteiger partial charge in [-0.15, -0.1) is 0 Å². The van der Waals surface area contributed by atoms with Gasteiger partial charge in [0.2, 0.25) is 0 Å². The van der Waals surface area contributed by atoms with Crippen molar-refractivity contribution >= 4 is 59.5 Å². The van der Waals surface area contributed by atoms with Crippen molar-refractivity contribution in [2.75, 3.05) is 0 Å². The molecule has 8 N–H and O–H groups in total. The van der Waals surface area contributed by atoms with E-state index >= 15 is 0 Å². The van der Waals surface area contributed by atoms with Crippen LogP contribution in [0.5, 0.6) is 23.0 Å². The Labute approximate surface area is 794 Å². The molecule has 0 fully saturated rings. The van der Waals surface area contributed by atoms with Crippen molar-refractivity contribution in [2.24, 2.45) is 0 Å². The van der Waals surface area contributed by atoms with Crippen molar-refractivity contribution in [2.45, 2.75) is 27.7 Å². The zero-order valence-corrected chi connectivity index (χ0v) is 76.4. The zero-order chi connectivity index (χ0) is 92.0. The van der Waals surface area contributed by atoms with Crippen LogP contribution in [-0.2, 0) is 0 Å². The third-order valence-electron chi connectivity index (χ3n) is 24.4. The van der Waals surface area contributed by atoms with Crippen LogP contribution in [0, 0.1) is 33.5 Å². The molecule has 0 saturated carbocycles. The van der Waals surface area contributed by atoms with Crippen molar-refractivity contribution in [1.82, 2.24) is 59.8 Å². The maximum absolute atomic E-state index is 13.4. The largest absolute Gasteiger partial charge is 0.457 e. The molecule has 0 radical (unpaired) electrons. The van der Waals surface area contributed by atoms with E-state index in [0.717, 1.165) is 213 Å². The first kappa shape index (κ1) is 85.3. The van der Waals surface area contributed by atoms with E-state index in [-0.39, 0.29) is 5.82 Å². The molecule has 0 aliphatic rings. The Kier molecular flexibility index (Phi) is 23.9. The number of rotatable bonds is 18. The summed E-state index contributed by atoms with van der Waals surface area (Å²) in [6.07, 6.45) is 3.97. The molecule has 0 bridgehead atoms. The first-order valence-electron chi connectivity index (χ1n) is 45.2. The molecule has 0 aliphatic carbocycles. The van der Waals surface area contributed by atoms with Gasteiger partial charge in [-0.25, -0.2) is 24.3 Å². The van der Waals surface area contributed by atoms with E-state index in [0.29, 0.717) is 0 Å². The maximum atomic E-state index is 13.4. The maximum Gasteiger partial charge on any atom is 0.140 e. The number of benzene rings is 16. The Balaban J connectivity index is 0.000000109. The van der Waals surface area contributed by atoms with Gasteiger partial charge in [-0.3, -0.25) is 0 Å². The van der Waals surface area contributed by atoms with Crippen LogP contribution in [0.1, 0.15) is 22.5 Å². The number of aromatic amines is 8. The number of aromatic nitrogens is 12. The van der Waals surface area contributed by atoms with E-state index in [4.69, 9.17) is 29.4 Å². The fourth-order valence-electron chi connectivity index (χ4n) is 17.6. The van der Waals surface area contributed by atoms with Gasteiger partial charge in [0.05, 0.1) is 45.6 Å². The number of ether oxygens (including phenoxy) is 2. The minimum atomic E-state index is -0.253. The van der Waals surface area contributed by atoms with Gasteiger partial charge in [0, 0.05) is 139 Å². The predicted molar refractivity (Wildman–Crippen MR) is 558 cm³/mol. The molecule has 0 aliphatic heterocycles. The highest BCUT2D eigenvalue weighted by Gasteiger charge is 2.25. The van der Waals surface area contributed by atoms with E-state index in [1.165, 1.54) is 50.9 Å². The normalized spacial score (nSPS) is 11.2. The van der Waals surface area contributed by atoms with Gasteiger partial charge in [0.25, 0.3) is 0 Å². The molecule has 8 aromatic heterocycles. The monoisotopic (exact) mass is 1830 g/mol. The summed E-state index contributed by atoms with van der Waals surface area (Å²) in [7, 11) is 0. The standard InChI is InChI=1S/C36H27N3.C31H25N3O.C30H22BrN3O.C23H16FN3/c1-24-33(31-14-8-9-15-32(31)37-24)36-38-34(29-20-16-27(17-21-29)25-10-4-2-5-11-25)35(39-36)30-22-18-28(19-23-30)26-12-6-3-7-13-26;1-20-12-14-22(15-13-20)29-30(23-16-18-25(19-17-23)35-24-8-4-3-5-9-24)34-31(33-29)28-21(2)32-27-11-7-6-10-26(27)28;1-19-7-9-20(10-8-19)28-29(21-11-14-24(15-12-21)35-23-5-3-2-4-6-23)34-30(33-28)26-18-32-27-16-13-22(31)17-25(26)27;24-17-12-10-16(11-13-17)22-21(15-6-2-1-3-7-15)26-23(27-22)19-14-25-20-9-5-4-8-18(19)20/h2-23,37H,1H3,(H,38,39);3-19,32H,1-2H3,(H,33,34);2-18,32H,1H3,(H,33,34);1-14,25H,(H,26,27). The van der Waals surface area contributed by atoms with Gasteiger partial charge in [-0.2, -0.15) is 0 Å². The van der Waals surface area contributed by atoms with Gasteiger partial charge in [0.1, 0.15) is 52.1 Å². The second-order valence-corrected chi connectivity index (χ2v) is 34.5. The van der Waals surface area contributed by atoms with Crippen molar-refractivity contribution in [1.29, 1.82) is 0 Å². The van der Waals surface area contributed by atoms with E-state index in [1.54, 1.807) is 12.1 Å². The number of imidazole rings is 4. The van der Waals surface area contributed by atoms with Crippen LogP contribution in [0.4, 0.5) is 4.39 Å². The Bertz CT molecular complexity index is 8170. The summed E-state index contributed by atoms with van der Waals surface area (Å²) in [6, 6.07) is 139. The van der Waals surface area contributed by atoms with Gasteiger partial charge < -0.3 is 49.3 Å². The lowest BCUT2D eigenvalue weighted by Crippen LogP contribution is -1.86. The molecule has 0 unspecified atom stereocenters. The molecule has 0 atom stereocenters. The number of halogens is 2. The summed E-state index contributed by atoms with van der Waals surface area (Å²) in [4.78, 5) is 48.4. The smallest absolute Gasteiger partial charge is 0.140 e. The quantitative estimate of drug-likeness (QED) is 0.0421. The van der Waals surface area contributed by atoms with Crippen molar-refractivity contribution in [3.05, 3.63) is 458 Å². The van der Waals surface area contributed by atoms with Crippen LogP contribution >= 0.6 is 15.9 Å². The molecule has 0 saturated heterocycles. The van der Waals surface area contributed by atoms with Gasteiger partial charge in [-0.05, 0) is 183 Å². The van der Waals surface area contributed by atoms with Gasteiger partial charge >= 0.3 is 0 Å². The molecular formula is C120H90BrFN12O2. The molecule has 24 rings (SSSR count). The molecule has 0 spiro atoms. The SMILES string of the molecule is Cc1[nH]c2ccccc2c1-c1nc(-c2ccc(-c3ccccc3)cc2)c(-c2ccc(-c3ccccc3)cc2)[nH]1.Cc1ccc(-c2[nH]c(-c3c(C)[nH]c4ccccc34)nc2-c2ccc(Oc3ccccc3)cc2)cc1.Cc1ccc(-c2[nH]c(-c3c[nH]c4ccc(Br)cc34)nc2-c2ccc(Oc3ccccc3)cc2)cc1.Fc1ccc(-c2[nH]c(-c3c[nH]c4ccccc34)nc2-c2ccccc2)cc1. The van der Waals surface area contributed by atoms with E-state index in [9.17, 15) is 4.39 Å². The summed E-state index contributed by atoms with van der Waals surface area (Å²) in [6.45, 7) is 8.40. The van der Waals surface area contributed by atoms with E-state index < -0.39 is 0 Å². The molecule has 0 amide bonds. The average molecular weight is 1830 g/mol. The van der Waals surface area contributed by atoms with Gasteiger partial charge in [0.15, 0.2) is 0 Å². The lowest BCUT2D eigenvalue weighted by atomic mass is 9.99. The minimum absolute atomic E-state index is 0.253. The molecule has 656 valence electrons. The number of nitrogens with zero attached hydrogens (tertiary/aromatic N) is 4. The second-order valence-electron chi connectivity index (χ2n) is 33.6. The molecule has 14 nitrogen and oxygen atoms in total. The van der Waals surface area contributed by atoms with Crippen molar-refractivity contribution in [3.8, 4) is 181 Å². The van der Waals surface area contributed by atoms with E-state index in [1.807, 2.05) is 170 Å². The number of fused-ring (bicyclic) bond motifs is 4. The van der Waals surface area contributed by atoms with Crippen LogP contribution in [0.15, 0.2) is 429 Å². The van der Waals surface area contributed by atoms with E-state index in [2.05, 4.69) is 314 Å². The fourth-order valence-corrected chi connectivity index (χ4v) is 17.9. The Morgan fingerprint density at radius 2 is 0.515 bits per heavy atom. The lowest BCUT2D eigenvalue weighted by Gasteiger charge is -2.07. The molecule has 16 heteroatoms. The Morgan fingerprint density at radius 1 is 0.235 bits per heavy atom. The summed E-state index contributed by atoms with van der Waals surface area (Å²) in [5.41, 5.74) is 33.9. The van der Waals surface area contributed by atoms with Crippen LogP contribution < -0.4 is 9.47 Å². The number of H-pyrrole nitrogens is 8. The molecule has 16 aromatic carbocycles. The first-order chi connectivity index (χ1) is 66.8. The Morgan fingerprint density at radius 3 is 0.926 bits per heavy atom. The van der Waals surface area contributed by atoms with Crippen LogP contribution in [0.2, 0.25) is 0 Å². The Hall–Kier alpha value is -17.5. The van der Waals surface area contributed by atoms with Crippen LogP contribution in [0.3, 0.4) is 0 Å². The topological polar surface area (TPSA) is 196 Å². The highest BCUT2D eigenvalue weighted by Crippen LogP contribution is 2.44. The number of nitrogens with one attached hydrogen (secondary N) is 8. The third-order valence-corrected chi connectivity index (χ3v) is 24.9. The zero-order valence-electron chi connectivity index (χ0n) is 74.8. The number of aryl methyl sites for hydroxylation is 4. The van der Waals surface area contributed by atoms with Crippen molar-refractivity contribution in [3.63, 3.8) is 0 Å². The number of hydrogen-bond donors (Lipinski definition) is 8.